The number of para-hydroxylation sites is 1. The Morgan fingerprint density at radius 2 is 1.94 bits per heavy atom. The van der Waals surface area contributed by atoms with E-state index in [1.807, 2.05) is 24.3 Å². The zero-order chi connectivity index (χ0) is 12.9. The lowest BCUT2D eigenvalue weighted by molar-refractivity contribution is -0.116. The van der Waals surface area contributed by atoms with Gasteiger partial charge in [0.2, 0.25) is 5.91 Å². The minimum atomic E-state index is 0.0471. The minimum Gasteiger partial charge on any atom is -0.325 e. The fourth-order valence-electron chi connectivity index (χ4n) is 1.33. The number of carbonyl (C=O) groups excluding carboxylic acids is 1. The predicted molar refractivity (Wildman–Crippen MR) is 80.2 cm³/mol. The van der Waals surface area contributed by atoms with Crippen LogP contribution < -0.4 is 10.6 Å². The number of rotatable bonds is 4. The third-order valence-electron chi connectivity index (χ3n) is 2.16. The van der Waals surface area contributed by atoms with Crippen LogP contribution in [0.3, 0.4) is 0 Å². The highest BCUT2D eigenvalue weighted by Gasteiger charge is 2.10. The Morgan fingerprint density at radius 1 is 1.29 bits per heavy atom. The first-order valence-corrected chi connectivity index (χ1v) is 6.76. The Morgan fingerprint density at radius 3 is 2.53 bits per heavy atom. The molecule has 0 saturated carbocycles. The maximum Gasteiger partial charge on any atom is 0.225 e. The van der Waals surface area contributed by atoms with Crippen molar-refractivity contribution in [2.24, 2.45) is 0 Å². The number of carbonyl (C=O) groups is 1. The number of nitrogens with one attached hydrogen (secondary N) is 2. The molecule has 0 saturated heterocycles. The van der Waals surface area contributed by atoms with Gasteiger partial charge in [0.25, 0.3) is 0 Å². The van der Waals surface area contributed by atoms with Crippen LogP contribution in [0.5, 0.6) is 0 Å². The van der Waals surface area contributed by atoms with Crippen LogP contribution in [-0.4, -0.2) is 18.0 Å². The van der Waals surface area contributed by atoms with E-state index in [2.05, 4.69) is 54.0 Å². The number of benzene rings is 1. The van der Waals surface area contributed by atoms with Crippen molar-refractivity contribution in [3.8, 4) is 0 Å². The Balaban J connectivity index is 2.38. The smallest absolute Gasteiger partial charge is 0.225 e. The van der Waals surface area contributed by atoms with Crippen LogP contribution in [0.1, 0.15) is 27.2 Å². The maximum atomic E-state index is 11.7. The number of hydrogen-bond donors (Lipinski definition) is 2. The van der Waals surface area contributed by atoms with E-state index in [1.54, 1.807) is 0 Å². The van der Waals surface area contributed by atoms with Crippen molar-refractivity contribution in [2.45, 2.75) is 32.7 Å². The lowest BCUT2D eigenvalue weighted by atomic mass is 10.1. The largest absolute Gasteiger partial charge is 0.325 e. The molecule has 0 heterocycles. The summed E-state index contributed by atoms with van der Waals surface area (Å²) in [5, 5.41) is 6.20. The summed E-state index contributed by atoms with van der Waals surface area (Å²) < 4.78 is 1.06. The highest BCUT2D eigenvalue weighted by molar-refractivity contribution is 14.1. The van der Waals surface area contributed by atoms with E-state index in [1.165, 1.54) is 0 Å². The van der Waals surface area contributed by atoms with E-state index in [0.29, 0.717) is 13.0 Å². The lowest BCUT2D eigenvalue weighted by Crippen LogP contribution is -2.37. The van der Waals surface area contributed by atoms with Crippen molar-refractivity contribution in [1.82, 2.24) is 5.32 Å². The van der Waals surface area contributed by atoms with E-state index in [0.717, 1.165) is 9.26 Å². The first-order chi connectivity index (χ1) is 7.88. The summed E-state index contributed by atoms with van der Waals surface area (Å²) in [6.45, 7) is 6.96. The van der Waals surface area contributed by atoms with Crippen LogP contribution in [0.2, 0.25) is 0 Å². The molecule has 0 unspecified atom stereocenters. The van der Waals surface area contributed by atoms with Crippen LogP contribution in [-0.2, 0) is 4.79 Å². The summed E-state index contributed by atoms with van der Waals surface area (Å²) in [5.74, 6) is 0.0471. The van der Waals surface area contributed by atoms with Gasteiger partial charge in [-0.05, 0) is 55.5 Å². The second-order valence-corrected chi connectivity index (χ2v) is 6.12. The molecule has 1 aromatic rings. The van der Waals surface area contributed by atoms with Gasteiger partial charge in [0.05, 0.1) is 5.69 Å². The minimum absolute atomic E-state index is 0.0471. The summed E-state index contributed by atoms with van der Waals surface area (Å²) in [4.78, 5) is 11.7. The van der Waals surface area contributed by atoms with Gasteiger partial charge in [0.15, 0.2) is 0 Å². The Labute approximate surface area is 117 Å². The molecular weight excluding hydrogens is 327 g/mol. The Kier molecular flexibility index (Phi) is 5.39. The molecule has 94 valence electrons. The third-order valence-corrected chi connectivity index (χ3v) is 3.10. The van der Waals surface area contributed by atoms with E-state index in [9.17, 15) is 4.79 Å². The summed E-state index contributed by atoms with van der Waals surface area (Å²) >= 11 is 2.21. The zero-order valence-corrected chi connectivity index (χ0v) is 12.7. The number of anilines is 1. The summed E-state index contributed by atoms with van der Waals surface area (Å²) in [5.41, 5.74) is 0.940. The Bertz CT molecular complexity index is 385. The number of amides is 1. The third kappa shape index (κ3) is 6.02. The van der Waals surface area contributed by atoms with Crippen LogP contribution in [0.25, 0.3) is 0 Å². The van der Waals surface area contributed by atoms with Crippen molar-refractivity contribution in [3.63, 3.8) is 0 Å². The molecule has 0 aliphatic rings. The molecule has 1 amide bonds. The molecule has 17 heavy (non-hydrogen) atoms. The fourth-order valence-corrected chi connectivity index (χ4v) is 1.85. The predicted octanol–water partition coefficient (Wildman–Crippen LogP) is 3.01. The van der Waals surface area contributed by atoms with Crippen molar-refractivity contribution in [3.05, 3.63) is 27.8 Å². The van der Waals surface area contributed by atoms with E-state index in [4.69, 9.17) is 0 Å². The van der Waals surface area contributed by atoms with Crippen molar-refractivity contribution >= 4 is 34.2 Å². The molecule has 3 nitrogen and oxygen atoms in total. The standard InChI is InChI=1S/C13H19IN2O/c1-13(2,3)15-9-8-12(17)16-11-7-5-4-6-10(11)14/h4-7,15H,8-9H2,1-3H3,(H,16,17). The van der Waals surface area contributed by atoms with Crippen molar-refractivity contribution in [1.29, 1.82) is 0 Å². The van der Waals surface area contributed by atoms with Gasteiger partial charge in [0, 0.05) is 22.1 Å². The summed E-state index contributed by atoms with van der Waals surface area (Å²) in [6.07, 6.45) is 0.488. The quantitative estimate of drug-likeness (QED) is 0.823. The SMILES string of the molecule is CC(C)(C)NCCC(=O)Nc1ccccc1I. The molecule has 1 aromatic carbocycles. The van der Waals surface area contributed by atoms with E-state index >= 15 is 0 Å². The highest BCUT2D eigenvalue weighted by atomic mass is 127. The molecule has 0 aromatic heterocycles. The van der Waals surface area contributed by atoms with Crippen LogP contribution >= 0.6 is 22.6 Å². The molecule has 0 aliphatic carbocycles. The Hall–Kier alpha value is -0.620. The average Bonchev–Trinajstić information content (AvgIpc) is 2.19. The first-order valence-electron chi connectivity index (χ1n) is 5.68. The monoisotopic (exact) mass is 346 g/mol. The normalized spacial score (nSPS) is 11.3. The zero-order valence-electron chi connectivity index (χ0n) is 10.5. The number of halogens is 1. The average molecular weight is 346 g/mol. The molecule has 0 spiro atoms. The second kappa shape index (κ2) is 6.35. The molecule has 2 N–H and O–H groups in total. The van der Waals surface area contributed by atoms with Crippen LogP contribution in [0, 0.1) is 3.57 Å². The number of hydrogen-bond acceptors (Lipinski definition) is 2. The van der Waals surface area contributed by atoms with Gasteiger partial charge in [-0.2, -0.15) is 0 Å². The van der Waals surface area contributed by atoms with Crippen LogP contribution in [0.4, 0.5) is 5.69 Å². The van der Waals surface area contributed by atoms with Gasteiger partial charge < -0.3 is 10.6 Å². The molecule has 0 aliphatic heterocycles. The van der Waals surface area contributed by atoms with Gasteiger partial charge in [-0.1, -0.05) is 12.1 Å². The molecule has 0 radical (unpaired) electrons. The fraction of sp³-hybridized carbons (Fsp3) is 0.462. The molecule has 1 rings (SSSR count). The highest BCUT2D eigenvalue weighted by Crippen LogP contribution is 2.16. The molecule has 0 fully saturated rings. The summed E-state index contributed by atoms with van der Waals surface area (Å²) in [7, 11) is 0. The maximum absolute atomic E-state index is 11.7. The van der Waals surface area contributed by atoms with Gasteiger partial charge in [-0.25, -0.2) is 0 Å². The summed E-state index contributed by atoms with van der Waals surface area (Å²) in [6, 6.07) is 7.77. The van der Waals surface area contributed by atoms with Crippen molar-refractivity contribution in [2.75, 3.05) is 11.9 Å². The van der Waals surface area contributed by atoms with E-state index < -0.39 is 0 Å². The molecule has 4 heteroatoms. The topological polar surface area (TPSA) is 41.1 Å². The van der Waals surface area contributed by atoms with Gasteiger partial charge in [0.1, 0.15) is 0 Å². The van der Waals surface area contributed by atoms with Gasteiger partial charge in [-0.15, -0.1) is 0 Å². The molecule has 0 atom stereocenters. The molecule has 0 bridgehead atoms. The van der Waals surface area contributed by atoms with Crippen LogP contribution in [0.15, 0.2) is 24.3 Å². The second-order valence-electron chi connectivity index (χ2n) is 4.95. The van der Waals surface area contributed by atoms with E-state index in [-0.39, 0.29) is 11.4 Å². The van der Waals surface area contributed by atoms with Gasteiger partial charge >= 0.3 is 0 Å². The first kappa shape index (κ1) is 14.4. The van der Waals surface area contributed by atoms with Gasteiger partial charge in [-0.3, -0.25) is 4.79 Å². The lowest BCUT2D eigenvalue weighted by Gasteiger charge is -2.20. The molecular formula is C13H19IN2O. The van der Waals surface area contributed by atoms with Crippen molar-refractivity contribution < 1.29 is 4.79 Å².